The Morgan fingerprint density at radius 3 is 2.50 bits per heavy atom. The number of phenols is 1. The second kappa shape index (κ2) is 4.43. The highest BCUT2D eigenvalue weighted by Crippen LogP contribution is 2.24. The molecule has 1 aromatic rings. The fourth-order valence-electron chi connectivity index (χ4n) is 1.11. The molecular formula is C10H8NO5-. The summed E-state index contributed by atoms with van der Waals surface area (Å²) in [6.45, 7) is 0. The molecule has 0 fully saturated rings. The van der Waals surface area contributed by atoms with Gasteiger partial charge in [0.25, 0.3) is 0 Å². The maximum Gasteiger partial charge on any atom is 0.185 e. The molecule has 0 atom stereocenters. The minimum atomic E-state index is -1.92. The number of aromatic hydroxyl groups is 1. The van der Waals surface area contributed by atoms with Crippen LogP contribution in [0.25, 0.3) is 0 Å². The van der Waals surface area contributed by atoms with Gasteiger partial charge in [-0.2, -0.15) is 0 Å². The van der Waals surface area contributed by atoms with Gasteiger partial charge in [-0.05, 0) is 12.1 Å². The van der Waals surface area contributed by atoms with E-state index in [4.69, 9.17) is 5.73 Å². The summed E-state index contributed by atoms with van der Waals surface area (Å²) in [5.74, 6) is -4.32. The average Bonchev–Trinajstić information content (AvgIpc) is 2.21. The predicted molar refractivity (Wildman–Crippen MR) is 51.5 cm³/mol. The number of carboxylic acids is 1. The van der Waals surface area contributed by atoms with Crippen LogP contribution in [0, 0.1) is 0 Å². The van der Waals surface area contributed by atoms with Gasteiger partial charge in [0.15, 0.2) is 11.6 Å². The number of rotatable bonds is 4. The molecule has 0 radical (unpaired) electrons. The largest absolute Gasteiger partial charge is 0.542 e. The Labute approximate surface area is 90.3 Å². The van der Waals surface area contributed by atoms with Gasteiger partial charge in [0, 0.05) is 5.56 Å². The van der Waals surface area contributed by atoms with Gasteiger partial charge in [-0.1, -0.05) is 6.07 Å². The van der Waals surface area contributed by atoms with Gasteiger partial charge < -0.3 is 20.7 Å². The third kappa shape index (κ3) is 2.35. The maximum absolute atomic E-state index is 11.4. The third-order valence-corrected chi connectivity index (χ3v) is 1.93. The van der Waals surface area contributed by atoms with Gasteiger partial charge in [0.05, 0.1) is 12.1 Å². The van der Waals surface area contributed by atoms with Crippen molar-refractivity contribution in [2.75, 3.05) is 5.73 Å². The Morgan fingerprint density at radius 1 is 1.31 bits per heavy atom. The van der Waals surface area contributed by atoms with E-state index in [1.165, 1.54) is 18.2 Å². The number of carbonyl (C=O) groups is 3. The number of hydrogen-bond acceptors (Lipinski definition) is 6. The summed E-state index contributed by atoms with van der Waals surface area (Å²) in [7, 11) is 0. The molecule has 0 heterocycles. The molecule has 0 saturated carbocycles. The zero-order valence-electron chi connectivity index (χ0n) is 8.10. The zero-order valence-corrected chi connectivity index (χ0v) is 8.10. The van der Waals surface area contributed by atoms with E-state index in [-0.39, 0.29) is 17.0 Å². The van der Waals surface area contributed by atoms with Crippen LogP contribution in [0.5, 0.6) is 5.75 Å². The topological polar surface area (TPSA) is 121 Å². The lowest BCUT2D eigenvalue weighted by molar-refractivity contribution is -0.299. The number of carboxylic acid groups (broad SMARTS) is 1. The number of nitrogen functional groups attached to an aromatic ring is 1. The molecular weight excluding hydrogens is 214 g/mol. The molecule has 84 valence electrons. The number of carbonyl (C=O) groups excluding carboxylic acids is 3. The van der Waals surface area contributed by atoms with Crippen molar-refractivity contribution in [1.82, 2.24) is 0 Å². The standard InChI is InChI=1S/C10H9NO5/c11-9-5(2-1-3-6(9)12)7(13)4-8(14)10(15)16/h1-3,12H,4,11H2,(H,15,16)/p-1. The lowest BCUT2D eigenvalue weighted by Gasteiger charge is -2.06. The lowest BCUT2D eigenvalue weighted by atomic mass is 10.0. The van der Waals surface area contributed by atoms with Gasteiger partial charge >= 0.3 is 0 Å². The molecule has 3 N–H and O–H groups in total. The van der Waals surface area contributed by atoms with Gasteiger partial charge in [-0.25, -0.2) is 0 Å². The summed E-state index contributed by atoms with van der Waals surface area (Å²) < 4.78 is 0. The van der Waals surface area contributed by atoms with Crippen molar-refractivity contribution in [1.29, 1.82) is 0 Å². The highest BCUT2D eigenvalue weighted by molar-refractivity contribution is 6.36. The van der Waals surface area contributed by atoms with Crippen LogP contribution in [0.1, 0.15) is 16.8 Å². The average molecular weight is 222 g/mol. The van der Waals surface area contributed by atoms with Gasteiger partial charge in [0.1, 0.15) is 11.7 Å². The Hall–Kier alpha value is -2.37. The number of benzene rings is 1. The van der Waals surface area contributed by atoms with Crippen molar-refractivity contribution < 1.29 is 24.6 Å². The van der Waals surface area contributed by atoms with Crippen molar-refractivity contribution in [3.63, 3.8) is 0 Å². The molecule has 0 saturated heterocycles. The smallest absolute Gasteiger partial charge is 0.185 e. The fourth-order valence-corrected chi connectivity index (χ4v) is 1.11. The van der Waals surface area contributed by atoms with Crippen LogP contribution in [-0.4, -0.2) is 22.6 Å². The first-order valence-electron chi connectivity index (χ1n) is 4.28. The monoisotopic (exact) mass is 222 g/mol. The fraction of sp³-hybridized carbons (Fsp3) is 0.100. The Morgan fingerprint density at radius 2 is 1.94 bits per heavy atom. The minimum Gasteiger partial charge on any atom is -0.542 e. The number of aliphatic carboxylic acids is 1. The van der Waals surface area contributed by atoms with Crippen LogP contribution in [0.15, 0.2) is 18.2 Å². The van der Waals surface area contributed by atoms with Crippen LogP contribution in [0.3, 0.4) is 0 Å². The van der Waals surface area contributed by atoms with Crippen molar-refractivity contribution in [3.05, 3.63) is 23.8 Å². The molecule has 0 amide bonds. The molecule has 6 heteroatoms. The number of nitrogens with two attached hydrogens (primary N) is 1. The first-order valence-corrected chi connectivity index (χ1v) is 4.28. The highest BCUT2D eigenvalue weighted by Gasteiger charge is 2.16. The van der Waals surface area contributed by atoms with E-state index in [0.717, 1.165) is 0 Å². The summed E-state index contributed by atoms with van der Waals surface area (Å²) in [6, 6.07) is 3.93. The molecule has 0 aromatic heterocycles. The summed E-state index contributed by atoms with van der Waals surface area (Å²) >= 11 is 0. The minimum absolute atomic E-state index is 0.0883. The number of phenolic OH excluding ortho intramolecular Hbond substituents is 1. The molecule has 0 bridgehead atoms. The molecule has 0 aliphatic heterocycles. The number of hydrogen-bond donors (Lipinski definition) is 2. The number of Topliss-reactive ketones (excluding diaryl/α,β-unsaturated/α-hetero) is 2. The molecule has 1 aromatic carbocycles. The van der Waals surface area contributed by atoms with Crippen LogP contribution in [-0.2, 0) is 9.59 Å². The quantitative estimate of drug-likeness (QED) is 0.218. The number of anilines is 1. The Bertz CT molecular complexity index is 466. The molecule has 6 nitrogen and oxygen atoms in total. The first kappa shape index (κ1) is 11.7. The van der Waals surface area contributed by atoms with E-state index < -0.39 is 24.0 Å². The van der Waals surface area contributed by atoms with Gasteiger partial charge in [0.2, 0.25) is 0 Å². The SMILES string of the molecule is Nc1c(O)cccc1C(=O)CC(=O)C(=O)[O-]. The highest BCUT2D eigenvalue weighted by atomic mass is 16.4. The normalized spacial score (nSPS) is 9.75. The molecule has 0 aliphatic carbocycles. The molecule has 0 unspecified atom stereocenters. The lowest BCUT2D eigenvalue weighted by Crippen LogP contribution is -2.32. The summed E-state index contributed by atoms with van der Waals surface area (Å²) in [5.41, 5.74) is 5.12. The summed E-state index contributed by atoms with van der Waals surface area (Å²) in [6.07, 6.45) is -0.837. The van der Waals surface area contributed by atoms with Crippen molar-refractivity contribution in [3.8, 4) is 5.75 Å². The second-order valence-electron chi connectivity index (χ2n) is 3.05. The number of para-hydroxylation sites is 1. The Kier molecular flexibility index (Phi) is 3.24. The van der Waals surface area contributed by atoms with E-state index in [9.17, 15) is 24.6 Å². The molecule has 1 rings (SSSR count). The predicted octanol–water partition coefficient (Wildman–Crippen LogP) is -1.13. The van der Waals surface area contributed by atoms with E-state index in [2.05, 4.69) is 0 Å². The van der Waals surface area contributed by atoms with E-state index >= 15 is 0 Å². The van der Waals surface area contributed by atoms with Crippen LogP contribution < -0.4 is 10.8 Å². The molecule has 0 aliphatic rings. The molecule has 0 spiro atoms. The summed E-state index contributed by atoms with van der Waals surface area (Å²) in [4.78, 5) is 32.3. The van der Waals surface area contributed by atoms with Crippen molar-refractivity contribution >= 4 is 23.2 Å². The van der Waals surface area contributed by atoms with Crippen molar-refractivity contribution in [2.24, 2.45) is 0 Å². The van der Waals surface area contributed by atoms with E-state index in [1.54, 1.807) is 0 Å². The molecule has 16 heavy (non-hydrogen) atoms. The maximum atomic E-state index is 11.4. The van der Waals surface area contributed by atoms with E-state index in [1.807, 2.05) is 0 Å². The van der Waals surface area contributed by atoms with Gasteiger partial charge in [-0.3, -0.25) is 9.59 Å². The summed E-state index contributed by atoms with van der Waals surface area (Å²) in [5, 5.41) is 19.3. The van der Waals surface area contributed by atoms with Crippen molar-refractivity contribution in [2.45, 2.75) is 6.42 Å². The Balaban J connectivity index is 2.94. The van der Waals surface area contributed by atoms with Crippen LogP contribution in [0.2, 0.25) is 0 Å². The van der Waals surface area contributed by atoms with Crippen LogP contribution in [0.4, 0.5) is 5.69 Å². The first-order chi connectivity index (χ1) is 7.43. The number of ketones is 2. The third-order valence-electron chi connectivity index (χ3n) is 1.93. The second-order valence-corrected chi connectivity index (χ2v) is 3.05. The van der Waals surface area contributed by atoms with E-state index in [0.29, 0.717) is 0 Å². The zero-order chi connectivity index (χ0) is 12.3. The van der Waals surface area contributed by atoms with Crippen LogP contribution >= 0.6 is 0 Å². The van der Waals surface area contributed by atoms with Gasteiger partial charge in [-0.15, -0.1) is 0 Å².